The Balaban J connectivity index is 1.34. The molecule has 1 saturated heterocycles. The van der Waals surface area contributed by atoms with Crippen LogP contribution < -0.4 is 5.73 Å². The van der Waals surface area contributed by atoms with Crippen molar-refractivity contribution < 1.29 is 9.47 Å². The smallest absolute Gasteiger partial charge is 0.0618 e. The van der Waals surface area contributed by atoms with Gasteiger partial charge >= 0.3 is 0 Å². The van der Waals surface area contributed by atoms with E-state index in [0.29, 0.717) is 17.9 Å². The summed E-state index contributed by atoms with van der Waals surface area (Å²) in [5.41, 5.74) is 11.2. The van der Waals surface area contributed by atoms with Crippen LogP contribution in [0.4, 0.5) is 0 Å². The quantitative estimate of drug-likeness (QED) is 0.851. The van der Waals surface area contributed by atoms with Crippen LogP contribution in [0.3, 0.4) is 0 Å². The molecule has 4 rings (SSSR count). The maximum absolute atomic E-state index is 6.51. The minimum absolute atomic E-state index is 0.0731. The highest BCUT2D eigenvalue weighted by Gasteiger charge is 2.35. The first kappa shape index (κ1) is 18.5. The molecule has 0 radical (unpaired) electrons. The van der Waals surface area contributed by atoms with Crippen molar-refractivity contribution in [2.24, 2.45) is 11.7 Å². The second kappa shape index (κ2) is 8.00. The molecule has 0 bridgehead atoms. The van der Waals surface area contributed by atoms with Gasteiger partial charge in [0.15, 0.2) is 0 Å². The lowest BCUT2D eigenvalue weighted by molar-refractivity contribution is -0.0149. The summed E-state index contributed by atoms with van der Waals surface area (Å²) >= 11 is 0. The fourth-order valence-corrected chi connectivity index (χ4v) is 5.09. The summed E-state index contributed by atoms with van der Waals surface area (Å²) in [7, 11) is 0. The topological polar surface area (TPSA) is 44.5 Å². The van der Waals surface area contributed by atoms with E-state index >= 15 is 0 Å². The highest BCUT2D eigenvalue weighted by molar-refractivity contribution is 5.36. The molecule has 2 aliphatic carbocycles. The van der Waals surface area contributed by atoms with E-state index in [2.05, 4.69) is 25.1 Å². The summed E-state index contributed by atoms with van der Waals surface area (Å²) in [6, 6.07) is 7.22. The van der Waals surface area contributed by atoms with Gasteiger partial charge in [-0.1, -0.05) is 25.1 Å². The number of aryl methyl sites for hydroxylation is 1. The molecule has 1 heterocycles. The van der Waals surface area contributed by atoms with Crippen molar-refractivity contribution in [3.05, 3.63) is 34.9 Å². The van der Waals surface area contributed by atoms with E-state index in [0.717, 1.165) is 58.3 Å². The number of ether oxygens (including phenoxy) is 2. The molecular weight excluding hydrogens is 322 g/mol. The van der Waals surface area contributed by atoms with Crippen LogP contribution in [0.5, 0.6) is 0 Å². The molecule has 0 aromatic heterocycles. The molecular formula is C23H35NO2. The van der Waals surface area contributed by atoms with E-state index < -0.39 is 0 Å². The molecule has 0 spiro atoms. The second-order valence-electron chi connectivity index (χ2n) is 8.94. The van der Waals surface area contributed by atoms with Crippen molar-refractivity contribution in [1.82, 2.24) is 0 Å². The molecule has 3 nitrogen and oxygen atoms in total. The summed E-state index contributed by atoms with van der Waals surface area (Å²) in [6.07, 6.45) is 10.8. The molecule has 26 heavy (non-hydrogen) atoms. The predicted molar refractivity (Wildman–Crippen MR) is 106 cm³/mol. The first-order chi connectivity index (χ1) is 12.6. The van der Waals surface area contributed by atoms with Gasteiger partial charge in [0.2, 0.25) is 0 Å². The van der Waals surface area contributed by atoms with Crippen molar-refractivity contribution in [2.45, 2.75) is 82.3 Å². The molecule has 3 heteroatoms. The SMILES string of the molecule is CC[C@@]1(N)CC[C@H](c2ccc3c(c2)CCC(OCC2CCOCC2)C3)C1. The number of hydrogen-bond acceptors (Lipinski definition) is 3. The normalized spacial score (nSPS) is 32.5. The zero-order valence-corrected chi connectivity index (χ0v) is 16.3. The van der Waals surface area contributed by atoms with Gasteiger partial charge in [-0.05, 0) is 86.3 Å². The maximum Gasteiger partial charge on any atom is 0.0618 e. The Morgan fingerprint density at radius 3 is 2.77 bits per heavy atom. The first-order valence-electron chi connectivity index (χ1n) is 10.7. The van der Waals surface area contributed by atoms with E-state index in [9.17, 15) is 0 Å². The fraction of sp³-hybridized carbons (Fsp3) is 0.739. The minimum Gasteiger partial charge on any atom is -0.381 e. The summed E-state index contributed by atoms with van der Waals surface area (Å²) in [5, 5.41) is 0. The Labute approximate surface area is 158 Å². The molecule has 144 valence electrons. The van der Waals surface area contributed by atoms with Gasteiger partial charge in [-0.25, -0.2) is 0 Å². The van der Waals surface area contributed by atoms with Crippen LogP contribution in [-0.4, -0.2) is 31.5 Å². The van der Waals surface area contributed by atoms with E-state index in [1.54, 1.807) is 5.56 Å². The van der Waals surface area contributed by atoms with Gasteiger partial charge in [-0.15, -0.1) is 0 Å². The highest BCUT2D eigenvalue weighted by Crippen LogP contribution is 2.42. The predicted octanol–water partition coefficient (Wildman–Crippen LogP) is 4.36. The number of benzene rings is 1. The first-order valence-corrected chi connectivity index (χ1v) is 10.7. The van der Waals surface area contributed by atoms with Crippen molar-refractivity contribution in [3.63, 3.8) is 0 Å². The standard InChI is InChI=1S/C23H35NO2/c1-2-23(24)10-7-21(15-23)19-3-4-20-14-22(6-5-18(20)13-19)26-16-17-8-11-25-12-9-17/h3-4,13,17,21-22H,2,5-12,14-16,24H2,1H3/t21-,22?,23+/m0/s1. The molecule has 2 fully saturated rings. The zero-order valence-electron chi connectivity index (χ0n) is 16.3. The largest absolute Gasteiger partial charge is 0.381 e. The third kappa shape index (κ3) is 4.16. The molecule has 0 amide bonds. The molecule has 2 N–H and O–H groups in total. The van der Waals surface area contributed by atoms with Gasteiger partial charge in [-0.2, -0.15) is 0 Å². The van der Waals surface area contributed by atoms with Gasteiger partial charge in [-0.3, -0.25) is 0 Å². The zero-order chi connectivity index (χ0) is 18.0. The lowest BCUT2D eigenvalue weighted by Crippen LogP contribution is -2.35. The summed E-state index contributed by atoms with van der Waals surface area (Å²) in [6.45, 7) is 4.97. The van der Waals surface area contributed by atoms with E-state index in [1.807, 2.05) is 0 Å². The molecule has 3 atom stereocenters. The minimum atomic E-state index is 0.0731. The van der Waals surface area contributed by atoms with Crippen molar-refractivity contribution >= 4 is 0 Å². The van der Waals surface area contributed by atoms with E-state index in [1.165, 1.54) is 30.4 Å². The van der Waals surface area contributed by atoms with Crippen LogP contribution in [0.15, 0.2) is 18.2 Å². The molecule has 1 unspecified atom stereocenters. The van der Waals surface area contributed by atoms with Gasteiger partial charge in [0.05, 0.1) is 6.10 Å². The molecule has 3 aliphatic rings. The van der Waals surface area contributed by atoms with Gasteiger partial charge in [0, 0.05) is 25.4 Å². The van der Waals surface area contributed by atoms with Crippen molar-refractivity contribution in [2.75, 3.05) is 19.8 Å². The second-order valence-corrected chi connectivity index (χ2v) is 8.94. The van der Waals surface area contributed by atoms with Crippen molar-refractivity contribution in [3.8, 4) is 0 Å². The average molecular weight is 358 g/mol. The van der Waals surface area contributed by atoms with Crippen LogP contribution in [0.2, 0.25) is 0 Å². The number of nitrogens with two attached hydrogens (primary N) is 1. The maximum atomic E-state index is 6.51. The third-order valence-electron chi connectivity index (χ3n) is 7.14. The van der Waals surface area contributed by atoms with Crippen LogP contribution >= 0.6 is 0 Å². The molecule has 1 saturated carbocycles. The molecule has 1 aromatic rings. The average Bonchev–Trinajstić information content (AvgIpc) is 3.09. The monoisotopic (exact) mass is 357 g/mol. The van der Waals surface area contributed by atoms with Crippen LogP contribution in [0, 0.1) is 5.92 Å². The fourth-order valence-electron chi connectivity index (χ4n) is 5.09. The number of rotatable bonds is 5. The summed E-state index contributed by atoms with van der Waals surface area (Å²) in [4.78, 5) is 0. The van der Waals surface area contributed by atoms with Crippen LogP contribution in [0.1, 0.15) is 74.5 Å². The summed E-state index contributed by atoms with van der Waals surface area (Å²) in [5.74, 6) is 1.36. The Morgan fingerprint density at radius 2 is 2.00 bits per heavy atom. The number of fused-ring (bicyclic) bond motifs is 1. The van der Waals surface area contributed by atoms with E-state index in [-0.39, 0.29) is 5.54 Å². The summed E-state index contributed by atoms with van der Waals surface area (Å²) < 4.78 is 11.7. The van der Waals surface area contributed by atoms with Gasteiger partial charge in [0.1, 0.15) is 0 Å². The van der Waals surface area contributed by atoms with Crippen LogP contribution in [-0.2, 0) is 22.3 Å². The Kier molecular flexibility index (Phi) is 5.68. The Hall–Kier alpha value is -0.900. The highest BCUT2D eigenvalue weighted by atomic mass is 16.5. The third-order valence-corrected chi connectivity index (χ3v) is 7.14. The lowest BCUT2D eigenvalue weighted by Gasteiger charge is -2.29. The number of hydrogen-bond donors (Lipinski definition) is 1. The van der Waals surface area contributed by atoms with E-state index in [4.69, 9.17) is 15.2 Å². The van der Waals surface area contributed by atoms with Gasteiger partial charge in [0.25, 0.3) is 0 Å². The van der Waals surface area contributed by atoms with Crippen molar-refractivity contribution in [1.29, 1.82) is 0 Å². The Bertz CT molecular complexity index is 610. The van der Waals surface area contributed by atoms with Crippen LogP contribution in [0.25, 0.3) is 0 Å². The molecule has 1 aromatic carbocycles. The Morgan fingerprint density at radius 1 is 1.15 bits per heavy atom. The molecule has 1 aliphatic heterocycles. The van der Waals surface area contributed by atoms with Gasteiger partial charge < -0.3 is 15.2 Å². The lowest BCUT2D eigenvalue weighted by atomic mass is 9.85.